The number of aliphatic hydroxyl groups excluding tert-OH is 3. The number of aliphatic hydroxyl groups is 3. The number of nitrogens with zero attached hydrogens (tertiary/aromatic N) is 1. The molecule has 0 saturated heterocycles. The van der Waals surface area contributed by atoms with Gasteiger partial charge in [-0.25, -0.2) is 0 Å². The largest absolute Gasteiger partial charge is 0.461 e. The van der Waals surface area contributed by atoms with Crippen LogP contribution in [0.25, 0.3) is 0 Å². The van der Waals surface area contributed by atoms with Gasteiger partial charge in [0.15, 0.2) is 5.75 Å². The number of terminal acetylenes is 2. The van der Waals surface area contributed by atoms with Gasteiger partial charge in [-0.15, -0.1) is 24.7 Å². The number of allylic oxidation sites excluding steroid dienone is 2. The van der Waals surface area contributed by atoms with E-state index >= 15 is 0 Å². The third kappa shape index (κ3) is 16.3. The van der Waals surface area contributed by atoms with Crippen LogP contribution in [0.5, 0.6) is 5.75 Å². The van der Waals surface area contributed by atoms with E-state index in [-0.39, 0.29) is 50.1 Å². The molecule has 1 aliphatic rings. The zero-order valence-electron chi connectivity index (χ0n) is 31.6. The Balaban J connectivity index is 1.53. The van der Waals surface area contributed by atoms with Crippen LogP contribution in [-0.4, -0.2) is 56.5 Å². The monoisotopic (exact) mass is 743 g/mol. The van der Waals surface area contributed by atoms with Gasteiger partial charge >= 0.3 is 17.9 Å². The van der Waals surface area contributed by atoms with Gasteiger partial charge in [-0.05, 0) is 95.0 Å². The number of rotatable bonds is 23. The van der Waals surface area contributed by atoms with Crippen molar-refractivity contribution < 1.29 is 43.9 Å². The third-order valence-electron chi connectivity index (χ3n) is 9.78. The van der Waals surface area contributed by atoms with E-state index in [0.29, 0.717) is 87.4 Å². The average molecular weight is 744 g/mol. The molecule has 0 radical (unpaired) electrons. The normalized spacial score (nSPS) is 18.7. The number of pyridine rings is 1. The van der Waals surface area contributed by atoms with Crippen LogP contribution in [0.2, 0.25) is 0 Å². The van der Waals surface area contributed by atoms with Crippen molar-refractivity contribution in [3.8, 4) is 30.4 Å². The minimum absolute atomic E-state index is 0.0224. The summed E-state index contributed by atoms with van der Waals surface area (Å²) in [5.74, 6) is 3.83. The number of benzene rings is 1. The fourth-order valence-electron chi connectivity index (χ4n) is 6.72. The Bertz CT molecular complexity index is 1570. The zero-order valence-corrected chi connectivity index (χ0v) is 31.6. The molecule has 0 unspecified atom stereocenters. The number of carbonyl (C=O) groups is 3. The molecular weight excluding hydrogens is 686 g/mol. The van der Waals surface area contributed by atoms with E-state index in [1.165, 1.54) is 11.8 Å². The number of hydrogen-bond donors (Lipinski definition) is 3. The first kappa shape index (κ1) is 43.9. The van der Waals surface area contributed by atoms with Crippen LogP contribution < -0.4 is 4.74 Å². The number of unbranched alkanes of at least 4 members (excludes halogenated alkanes) is 3. The first-order valence-corrected chi connectivity index (χ1v) is 19.2. The summed E-state index contributed by atoms with van der Waals surface area (Å²) in [6, 6.07) is 10.1. The molecule has 3 N–H and O–H groups in total. The summed E-state index contributed by atoms with van der Waals surface area (Å²) in [4.78, 5) is 42.0. The first-order chi connectivity index (χ1) is 26.1. The number of ether oxygens (including phenoxy) is 3. The first-order valence-electron chi connectivity index (χ1n) is 19.2. The van der Waals surface area contributed by atoms with E-state index in [1.54, 1.807) is 6.92 Å². The van der Waals surface area contributed by atoms with Crippen molar-refractivity contribution in [3.63, 3.8) is 0 Å². The summed E-state index contributed by atoms with van der Waals surface area (Å²) in [5, 5.41) is 31.9. The molecule has 54 heavy (non-hydrogen) atoms. The Morgan fingerprint density at radius 2 is 1.57 bits per heavy atom. The molecule has 1 saturated carbocycles. The number of carbonyl (C=O) groups excluding carboxylic acids is 3. The Morgan fingerprint density at radius 3 is 2.26 bits per heavy atom. The van der Waals surface area contributed by atoms with Crippen LogP contribution in [-0.2, 0) is 43.5 Å². The van der Waals surface area contributed by atoms with E-state index in [1.807, 2.05) is 30.4 Å². The molecule has 3 rings (SSSR count). The van der Waals surface area contributed by atoms with Gasteiger partial charge in [0.25, 0.3) is 0 Å². The maximum Gasteiger partial charge on any atom is 0.311 e. The molecule has 0 bridgehead atoms. The van der Waals surface area contributed by atoms with Crippen molar-refractivity contribution in [2.24, 2.45) is 11.8 Å². The molecule has 0 spiro atoms. The van der Waals surface area contributed by atoms with E-state index < -0.39 is 36.2 Å². The van der Waals surface area contributed by atoms with Gasteiger partial charge in [0.1, 0.15) is 13.2 Å². The molecule has 1 aromatic carbocycles. The predicted molar refractivity (Wildman–Crippen MR) is 205 cm³/mol. The van der Waals surface area contributed by atoms with Gasteiger partial charge in [-0.3, -0.25) is 19.4 Å². The number of esters is 3. The van der Waals surface area contributed by atoms with Crippen LogP contribution in [0.3, 0.4) is 0 Å². The minimum atomic E-state index is -0.624. The van der Waals surface area contributed by atoms with Crippen LogP contribution in [0, 0.1) is 43.4 Å². The van der Waals surface area contributed by atoms with Crippen LogP contribution in [0.4, 0.5) is 0 Å². The van der Waals surface area contributed by atoms with E-state index in [2.05, 4.69) is 29.0 Å². The summed E-state index contributed by atoms with van der Waals surface area (Å²) in [6.45, 7) is 1.33. The Hall–Kier alpha value is -4.48. The molecule has 0 aliphatic heterocycles. The highest BCUT2D eigenvalue weighted by molar-refractivity contribution is 5.74. The van der Waals surface area contributed by atoms with Crippen LogP contribution in [0.15, 0.2) is 48.7 Å². The van der Waals surface area contributed by atoms with Gasteiger partial charge in [0.2, 0.25) is 0 Å². The molecule has 2 aromatic rings. The Morgan fingerprint density at radius 1 is 0.907 bits per heavy atom. The summed E-state index contributed by atoms with van der Waals surface area (Å²) >= 11 is 0. The Kier molecular flexibility index (Phi) is 20.1. The van der Waals surface area contributed by atoms with Gasteiger partial charge in [0.05, 0.1) is 24.0 Å². The van der Waals surface area contributed by atoms with Crippen molar-refractivity contribution in [2.75, 3.05) is 0 Å². The van der Waals surface area contributed by atoms with Gasteiger partial charge < -0.3 is 29.5 Å². The average Bonchev–Trinajstić information content (AvgIpc) is 3.15. The highest BCUT2D eigenvalue weighted by Gasteiger charge is 2.35. The smallest absolute Gasteiger partial charge is 0.311 e. The second kappa shape index (κ2) is 24.8. The van der Waals surface area contributed by atoms with Crippen molar-refractivity contribution >= 4 is 17.9 Å². The van der Waals surface area contributed by atoms with E-state index in [9.17, 15) is 29.7 Å². The lowest BCUT2D eigenvalue weighted by atomic mass is 9.72. The van der Waals surface area contributed by atoms with Crippen molar-refractivity contribution in [1.82, 2.24) is 4.98 Å². The van der Waals surface area contributed by atoms with Crippen LogP contribution >= 0.6 is 0 Å². The van der Waals surface area contributed by atoms with Gasteiger partial charge in [0, 0.05) is 49.4 Å². The number of aryl methyl sites for hydroxylation is 2. The molecule has 5 atom stereocenters. The van der Waals surface area contributed by atoms with Gasteiger partial charge in [-0.1, -0.05) is 42.5 Å². The quantitative estimate of drug-likeness (QED) is 0.0490. The summed E-state index contributed by atoms with van der Waals surface area (Å²) in [6.07, 6.45) is 22.3. The minimum Gasteiger partial charge on any atom is -0.461 e. The fraction of sp³-hybridized carbons (Fsp3) is 0.545. The lowest BCUT2D eigenvalue weighted by Gasteiger charge is -2.38. The Labute approximate surface area is 320 Å². The molecule has 1 aromatic heterocycles. The maximum absolute atomic E-state index is 13.0. The molecule has 10 heteroatoms. The zero-order chi connectivity index (χ0) is 39.1. The van der Waals surface area contributed by atoms with Crippen LogP contribution in [0.1, 0.15) is 119 Å². The molecule has 0 amide bonds. The summed E-state index contributed by atoms with van der Waals surface area (Å²) in [5.41, 5.74) is 2.45. The van der Waals surface area contributed by atoms with E-state index in [4.69, 9.17) is 27.1 Å². The van der Waals surface area contributed by atoms with E-state index in [0.717, 1.165) is 12.8 Å². The maximum atomic E-state index is 13.0. The third-order valence-corrected chi connectivity index (χ3v) is 9.78. The van der Waals surface area contributed by atoms with Gasteiger partial charge in [-0.2, -0.15) is 0 Å². The van der Waals surface area contributed by atoms with Crippen molar-refractivity contribution in [1.29, 1.82) is 0 Å². The van der Waals surface area contributed by atoms with Crippen molar-refractivity contribution in [2.45, 2.75) is 141 Å². The van der Waals surface area contributed by atoms with Crippen molar-refractivity contribution in [3.05, 3.63) is 71.1 Å². The summed E-state index contributed by atoms with van der Waals surface area (Å²) < 4.78 is 16.7. The molecule has 1 heterocycles. The lowest BCUT2D eigenvalue weighted by Crippen LogP contribution is -2.39. The second-order valence-corrected chi connectivity index (χ2v) is 14.1. The highest BCUT2D eigenvalue weighted by atomic mass is 16.5. The lowest BCUT2D eigenvalue weighted by molar-refractivity contribution is -0.146. The second-order valence-electron chi connectivity index (χ2n) is 14.1. The standard InChI is InChI=1S/C44H57NO9/c1-4-6-11-20-41(49)52-30-35-29-45-32(3)44(39(35)31-53-42(50)21-12-7-5-2)54-43(51)22-16-9-8-15-19-38-34(27-37(47)28-40(38)48)24-26-36(46)25-23-33-17-13-10-14-18-33/h1-2,8,10,13-15,17-18,29,34,36-38,40,46-48H,6-7,9,11-12,16,19-28,30-31H2,3H3/b15-8-/t34-,36-,37-,38+,40-/m0/s1. The SMILES string of the molecule is C#CCCCC(=O)OCc1cnc(C)c(OC(=O)CCC/C=C\C[C@@H]2[C@@H](CC[C@@H](O)CCc3ccccc3)C[C@H](O)C[C@@H]2O)c1COC(=O)CCCC#C. The fourth-order valence-corrected chi connectivity index (χ4v) is 6.72. The summed E-state index contributed by atoms with van der Waals surface area (Å²) in [7, 11) is 0. The molecule has 1 fully saturated rings. The molecule has 10 nitrogen and oxygen atoms in total. The molecule has 1 aliphatic carbocycles. The highest BCUT2D eigenvalue weighted by Crippen LogP contribution is 2.37. The number of hydrogen-bond acceptors (Lipinski definition) is 10. The predicted octanol–water partition coefficient (Wildman–Crippen LogP) is 6.63. The molecule has 292 valence electrons. The number of aromatic nitrogens is 1. The topological polar surface area (TPSA) is 152 Å². The molecular formula is C44H57NO9.